The zero-order valence-corrected chi connectivity index (χ0v) is 16.5. The second kappa shape index (κ2) is 7.20. The molecule has 0 bridgehead atoms. The summed E-state index contributed by atoms with van der Waals surface area (Å²) in [6.45, 7) is 2.61. The third-order valence-corrected chi connectivity index (χ3v) is 6.98. The molecule has 142 valence electrons. The van der Waals surface area contributed by atoms with E-state index in [2.05, 4.69) is 0 Å². The fourth-order valence-electron chi connectivity index (χ4n) is 3.87. The molecular weight excluding hydrogens is 388 g/mol. The third kappa shape index (κ3) is 3.02. The zero-order chi connectivity index (χ0) is 19.1. The Morgan fingerprint density at radius 2 is 2.19 bits per heavy atom. The monoisotopic (exact) mass is 406 g/mol. The van der Waals surface area contributed by atoms with Gasteiger partial charge in [0.05, 0.1) is 27.8 Å². The summed E-state index contributed by atoms with van der Waals surface area (Å²) in [6.07, 6.45) is 3.69. The number of nitrogens with zero attached hydrogens (tertiary/aromatic N) is 2. The molecule has 0 N–H and O–H groups in total. The molecule has 0 aromatic carbocycles. The number of fused-ring (bicyclic) bond motifs is 4. The van der Waals surface area contributed by atoms with Gasteiger partial charge in [-0.3, -0.25) is 19.0 Å². The summed E-state index contributed by atoms with van der Waals surface area (Å²) in [7, 11) is 0. The van der Waals surface area contributed by atoms with Crippen LogP contribution < -0.4 is 5.56 Å². The first-order valence-corrected chi connectivity index (χ1v) is 10.3. The number of allylic oxidation sites excluding steroid dienone is 1. The third-order valence-electron chi connectivity index (χ3n) is 5.30. The topological polar surface area (TPSA) is 78.3 Å². The minimum absolute atomic E-state index is 0.0731. The quantitative estimate of drug-likeness (QED) is 0.578. The second-order valence-corrected chi connectivity index (χ2v) is 8.19. The van der Waals surface area contributed by atoms with Gasteiger partial charge in [-0.2, -0.15) is 0 Å². The predicted molar refractivity (Wildman–Crippen MR) is 104 cm³/mol. The first-order chi connectivity index (χ1) is 13.0. The number of hydrogen-bond acceptors (Lipinski definition) is 6. The molecule has 1 unspecified atom stereocenters. The van der Waals surface area contributed by atoms with Crippen molar-refractivity contribution in [2.75, 3.05) is 6.61 Å². The molecule has 2 aromatic heterocycles. The molecule has 4 rings (SSSR count). The standard InChI is InChI=1S/C19H19ClN2O4S/c1-2-26-19(25)10-4-6-13-21-17-14(18(24)22(13)8-7-10)12-5-3-11(9-23)15(20)16(12)27-17/h9-10H,2-8H2,1H3. The summed E-state index contributed by atoms with van der Waals surface area (Å²) >= 11 is 7.75. The van der Waals surface area contributed by atoms with Gasteiger partial charge < -0.3 is 4.74 Å². The fourth-order valence-corrected chi connectivity index (χ4v) is 5.45. The number of carbonyl (C=O) groups excluding carboxylic acids is 2. The van der Waals surface area contributed by atoms with Gasteiger partial charge in [0, 0.05) is 18.5 Å². The molecule has 2 aliphatic rings. The summed E-state index contributed by atoms with van der Waals surface area (Å²) in [5, 5.41) is 1.05. The lowest BCUT2D eigenvalue weighted by Gasteiger charge is -2.13. The lowest BCUT2D eigenvalue weighted by atomic mass is 9.97. The van der Waals surface area contributed by atoms with Crippen molar-refractivity contribution in [3.63, 3.8) is 0 Å². The van der Waals surface area contributed by atoms with Gasteiger partial charge in [0.15, 0.2) is 0 Å². The average molecular weight is 407 g/mol. The molecule has 0 radical (unpaired) electrons. The minimum atomic E-state index is -0.203. The Hall–Kier alpha value is -1.99. The lowest BCUT2D eigenvalue weighted by Crippen LogP contribution is -2.25. The number of carbonyl (C=O) groups is 2. The predicted octanol–water partition coefficient (Wildman–Crippen LogP) is 3.07. The van der Waals surface area contributed by atoms with Gasteiger partial charge in [-0.15, -0.1) is 11.3 Å². The minimum Gasteiger partial charge on any atom is -0.466 e. The Balaban J connectivity index is 1.78. The molecular formula is C19H19ClN2O4S. The Bertz CT molecular complexity index is 1040. The van der Waals surface area contributed by atoms with Gasteiger partial charge in [0.1, 0.15) is 16.9 Å². The van der Waals surface area contributed by atoms with Gasteiger partial charge in [0.2, 0.25) is 0 Å². The maximum absolute atomic E-state index is 13.2. The van der Waals surface area contributed by atoms with Crippen molar-refractivity contribution < 1.29 is 14.3 Å². The van der Waals surface area contributed by atoms with Gasteiger partial charge in [-0.25, -0.2) is 4.98 Å². The summed E-state index contributed by atoms with van der Waals surface area (Å²) < 4.78 is 6.84. The molecule has 8 heteroatoms. The van der Waals surface area contributed by atoms with Crippen molar-refractivity contribution in [1.29, 1.82) is 0 Å². The van der Waals surface area contributed by atoms with Crippen LogP contribution in [0.2, 0.25) is 0 Å². The van der Waals surface area contributed by atoms with Crippen molar-refractivity contribution in [2.24, 2.45) is 5.92 Å². The SMILES string of the molecule is CCOC(=O)C1CCc2nc3sc4c(c3c(=O)n2CC1)CCC(C=O)=C4Cl. The van der Waals surface area contributed by atoms with Crippen LogP contribution in [0.15, 0.2) is 10.4 Å². The van der Waals surface area contributed by atoms with E-state index >= 15 is 0 Å². The number of hydrogen-bond donors (Lipinski definition) is 0. The zero-order valence-electron chi connectivity index (χ0n) is 14.9. The highest BCUT2D eigenvalue weighted by Gasteiger charge is 2.29. The maximum Gasteiger partial charge on any atom is 0.308 e. The number of thiophene rings is 1. The summed E-state index contributed by atoms with van der Waals surface area (Å²) in [5.74, 6) is 0.301. The van der Waals surface area contributed by atoms with E-state index in [1.165, 1.54) is 11.3 Å². The molecule has 1 atom stereocenters. The first kappa shape index (κ1) is 18.4. The Labute approximate surface area is 164 Å². The fraction of sp³-hybridized carbons (Fsp3) is 0.474. The molecule has 0 saturated heterocycles. The highest BCUT2D eigenvalue weighted by atomic mass is 35.5. The van der Waals surface area contributed by atoms with Crippen molar-refractivity contribution in [3.05, 3.63) is 32.2 Å². The molecule has 0 spiro atoms. The van der Waals surface area contributed by atoms with Crippen LogP contribution in [0.25, 0.3) is 15.2 Å². The van der Waals surface area contributed by atoms with Crippen molar-refractivity contribution >= 4 is 50.4 Å². The smallest absolute Gasteiger partial charge is 0.308 e. The van der Waals surface area contributed by atoms with Crippen molar-refractivity contribution in [2.45, 2.75) is 45.6 Å². The largest absolute Gasteiger partial charge is 0.466 e. The van der Waals surface area contributed by atoms with Crippen LogP contribution in [0.3, 0.4) is 0 Å². The number of halogens is 1. The van der Waals surface area contributed by atoms with E-state index in [0.29, 0.717) is 71.9 Å². The Morgan fingerprint density at radius 1 is 1.37 bits per heavy atom. The number of ether oxygens (including phenoxy) is 1. The first-order valence-electron chi connectivity index (χ1n) is 9.11. The van der Waals surface area contributed by atoms with Crippen LogP contribution in [-0.4, -0.2) is 28.4 Å². The second-order valence-electron chi connectivity index (χ2n) is 6.81. The molecule has 3 heterocycles. The van der Waals surface area contributed by atoms with Gasteiger partial charge >= 0.3 is 5.97 Å². The van der Waals surface area contributed by atoms with Gasteiger partial charge in [-0.1, -0.05) is 11.6 Å². The average Bonchev–Trinajstić information content (AvgIpc) is 2.89. The van der Waals surface area contributed by atoms with Crippen LogP contribution in [-0.2, 0) is 33.7 Å². The molecule has 0 saturated carbocycles. The van der Waals surface area contributed by atoms with E-state index in [4.69, 9.17) is 21.3 Å². The Kier molecular flexibility index (Phi) is 4.90. The lowest BCUT2D eigenvalue weighted by molar-refractivity contribution is -0.148. The van der Waals surface area contributed by atoms with E-state index in [1.807, 2.05) is 0 Å². The maximum atomic E-state index is 13.2. The van der Waals surface area contributed by atoms with Crippen LogP contribution in [0, 0.1) is 5.92 Å². The van der Waals surface area contributed by atoms with Crippen LogP contribution in [0.5, 0.6) is 0 Å². The van der Waals surface area contributed by atoms with Crippen molar-refractivity contribution in [3.8, 4) is 0 Å². The highest BCUT2D eigenvalue weighted by molar-refractivity contribution is 7.20. The molecule has 0 amide bonds. The van der Waals surface area contributed by atoms with Crippen LogP contribution in [0.1, 0.15) is 42.5 Å². The van der Waals surface area contributed by atoms with E-state index in [1.54, 1.807) is 11.5 Å². The molecule has 2 aromatic rings. The van der Waals surface area contributed by atoms with E-state index in [-0.39, 0.29) is 17.4 Å². The normalized spacial score (nSPS) is 19.4. The van der Waals surface area contributed by atoms with Crippen molar-refractivity contribution in [1.82, 2.24) is 9.55 Å². The molecule has 1 aliphatic heterocycles. The highest BCUT2D eigenvalue weighted by Crippen LogP contribution is 2.41. The number of aromatic nitrogens is 2. The number of aryl methyl sites for hydroxylation is 2. The van der Waals surface area contributed by atoms with Gasteiger partial charge in [-0.05, 0) is 38.2 Å². The summed E-state index contributed by atoms with van der Waals surface area (Å²) in [6, 6.07) is 0. The molecule has 0 fully saturated rings. The number of rotatable bonds is 3. The Morgan fingerprint density at radius 3 is 2.93 bits per heavy atom. The van der Waals surface area contributed by atoms with Crippen LogP contribution >= 0.6 is 22.9 Å². The van der Waals surface area contributed by atoms with Gasteiger partial charge in [0.25, 0.3) is 5.56 Å². The van der Waals surface area contributed by atoms with Crippen LogP contribution in [0.4, 0.5) is 0 Å². The molecule has 1 aliphatic carbocycles. The summed E-state index contributed by atoms with van der Waals surface area (Å²) in [4.78, 5) is 42.6. The number of esters is 1. The van der Waals surface area contributed by atoms with E-state index < -0.39 is 0 Å². The molecule has 6 nitrogen and oxygen atoms in total. The molecule has 27 heavy (non-hydrogen) atoms. The van der Waals surface area contributed by atoms with E-state index in [0.717, 1.165) is 16.7 Å². The number of aldehydes is 1. The summed E-state index contributed by atoms with van der Waals surface area (Å²) in [5.41, 5.74) is 1.40. The van der Waals surface area contributed by atoms with E-state index in [9.17, 15) is 14.4 Å².